The molecule has 1 aliphatic rings. The van der Waals surface area contributed by atoms with E-state index in [1.165, 1.54) is 0 Å². The highest BCUT2D eigenvalue weighted by atomic mass is 32.2. The van der Waals surface area contributed by atoms with E-state index in [2.05, 4.69) is 14.3 Å². The Morgan fingerprint density at radius 2 is 2.11 bits per heavy atom. The molecule has 6 heteroatoms. The molecule has 0 fully saturated rings. The number of fused-ring (bicyclic) bond motifs is 1. The monoisotopic (exact) mass is 271 g/mol. The second-order valence-electron chi connectivity index (χ2n) is 4.99. The van der Waals surface area contributed by atoms with Crippen molar-refractivity contribution in [2.75, 3.05) is 6.54 Å². The minimum Gasteiger partial charge on any atom is -0.330 e. The Kier molecular flexibility index (Phi) is 3.77. The molecule has 2 heterocycles. The summed E-state index contributed by atoms with van der Waals surface area (Å²) in [5.41, 5.74) is 0.880. The van der Waals surface area contributed by atoms with Crippen molar-refractivity contribution in [1.29, 1.82) is 0 Å². The topological polar surface area (TPSA) is 64.0 Å². The van der Waals surface area contributed by atoms with Gasteiger partial charge in [-0.1, -0.05) is 20.8 Å². The maximum atomic E-state index is 12.2. The molecule has 1 N–H and O–H groups in total. The summed E-state index contributed by atoms with van der Waals surface area (Å²) >= 11 is 0. The number of aromatic nitrogens is 2. The fraction of sp³-hybridized carbons (Fsp3) is 0.750. The van der Waals surface area contributed by atoms with Crippen molar-refractivity contribution in [2.24, 2.45) is 0 Å². The smallest absolute Gasteiger partial charge is 0.259 e. The van der Waals surface area contributed by atoms with Crippen molar-refractivity contribution in [3.63, 3.8) is 0 Å². The summed E-state index contributed by atoms with van der Waals surface area (Å²) in [5, 5.41) is 0.243. The molecule has 0 atom stereocenters. The number of rotatable bonds is 4. The standard InChI is InChI=1S/C12H21N3O2S/c1-4-13-18(16,17)12-10-7-5-6-8-15(10)11(14-12)9(2)3/h9,13H,4-8H2,1-3H3. The molecule has 1 aliphatic heterocycles. The van der Waals surface area contributed by atoms with Crippen LogP contribution in [0.2, 0.25) is 0 Å². The Morgan fingerprint density at radius 3 is 2.72 bits per heavy atom. The highest BCUT2D eigenvalue weighted by Gasteiger charge is 2.28. The van der Waals surface area contributed by atoms with E-state index in [4.69, 9.17) is 0 Å². The van der Waals surface area contributed by atoms with Gasteiger partial charge < -0.3 is 4.57 Å². The highest BCUT2D eigenvalue weighted by Crippen LogP contribution is 2.27. The van der Waals surface area contributed by atoms with Crippen molar-refractivity contribution in [1.82, 2.24) is 14.3 Å². The van der Waals surface area contributed by atoms with Crippen molar-refractivity contribution < 1.29 is 8.42 Å². The molecule has 0 radical (unpaired) electrons. The van der Waals surface area contributed by atoms with Crippen molar-refractivity contribution in [3.05, 3.63) is 11.5 Å². The molecule has 5 nitrogen and oxygen atoms in total. The van der Waals surface area contributed by atoms with E-state index in [0.29, 0.717) is 6.54 Å². The summed E-state index contributed by atoms with van der Waals surface area (Å²) in [6.07, 6.45) is 2.95. The van der Waals surface area contributed by atoms with Crippen LogP contribution < -0.4 is 4.72 Å². The number of nitrogens with one attached hydrogen (secondary N) is 1. The lowest BCUT2D eigenvalue weighted by atomic mass is 10.1. The first-order valence-electron chi connectivity index (χ1n) is 6.56. The van der Waals surface area contributed by atoms with E-state index < -0.39 is 10.0 Å². The molecular weight excluding hydrogens is 250 g/mol. The lowest BCUT2D eigenvalue weighted by Gasteiger charge is -2.18. The van der Waals surface area contributed by atoms with Gasteiger partial charge in [0.25, 0.3) is 10.0 Å². The molecule has 0 aromatic carbocycles. The largest absolute Gasteiger partial charge is 0.330 e. The molecule has 102 valence electrons. The van der Waals surface area contributed by atoms with Gasteiger partial charge in [0.2, 0.25) is 0 Å². The van der Waals surface area contributed by atoms with Gasteiger partial charge in [0, 0.05) is 19.0 Å². The van der Waals surface area contributed by atoms with E-state index >= 15 is 0 Å². The maximum Gasteiger partial charge on any atom is 0.259 e. The first-order valence-corrected chi connectivity index (χ1v) is 8.04. The number of imidazole rings is 1. The SMILES string of the molecule is CCNS(=O)(=O)c1nc(C(C)C)n2c1CCCC2. The Balaban J connectivity index is 2.55. The number of hydrogen-bond acceptors (Lipinski definition) is 3. The Labute approximate surface area is 109 Å². The molecule has 0 bridgehead atoms. The second kappa shape index (κ2) is 5.01. The summed E-state index contributed by atoms with van der Waals surface area (Å²) in [5.74, 6) is 1.13. The van der Waals surface area contributed by atoms with E-state index in [9.17, 15) is 8.42 Å². The van der Waals surface area contributed by atoms with Crippen LogP contribution in [0.25, 0.3) is 0 Å². The van der Waals surface area contributed by atoms with Gasteiger partial charge >= 0.3 is 0 Å². The molecule has 1 aromatic heterocycles. The van der Waals surface area contributed by atoms with Crippen LogP contribution in [0, 0.1) is 0 Å². The highest BCUT2D eigenvalue weighted by molar-refractivity contribution is 7.89. The number of sulfonamides is 1. The van der Waals surface area contributed by atoms with Crippen LogP contribution in [0.1, 0.15) is 51.0 Å². The predicted octanol–water partition coefficient (Wildman–Crippen LogP) is 1.64. The maximum absolute atomic E-state index is 12.2. The van der Waals surface area contributed by atoms with Crippen LogP contribution in [0.4, 0.5) is 0 Å². The third-order valence-corrected chi connectivity index (χ3v) is 4.72. The van der Waals surface area contributed by atoms with Crippen molar-refractivity contribution >= 4 is 10.0 Å². The number of hydrogen-bond donors (Lipinski definition) is 1. The fourth-order valence-corrected chi connectivity index (χ4v) is 3.70. The zero-order valence-electron chi connectivity index (χ0n) is 11.2. The molecule has 18 heavy (non-hydrogen) atoms. The third-order valence-electron chi connectivity index (χ3n) is 3.22. The molecule has 0 amide bonds. The summed E-state index contributed by atoms with van der Waals surface area (Å²) < 4.78 is 28.9. The lowest BCUT2D eigenvalue weighted by molar-refractivity contribution is 0.500. The fourth-order valence-electron chi connectivity index (χ4n) is 2.45. The molecule has 2 rings (SSSR count). The van der Waals surface area contributed by atoms with Gasteiger partial charge in [-0.2, -0.15) is 0 Å². The minimum absolute atomic E-state index is 0.243. The zero-order valence-corrected chi connectivity index (χ0v) is 12.0. The molecule has 0 saturated carbocycles. The molecule has 0 spiro atoms. The molecular formula is C12H21N3O2S. The quantitative estimate of drug-likeness (QED) is 0.905. The summed E-state index contributed by atoms with van der Waals surface area (Å²) in [6.45, 7) is 7.16. The van der Waals surface area contributed by atoms with Crippen LogP contribution >= 0.6 is 0 Å². The van der Waals surface area contributed by atoms with Crippen LogP contribution in [0.3, 0.4) is 0 Å². The van der Waals surface area contributed by atoms with E-state index in [-0.39, 0.29) is 10.9 Å². The normalized spacial score (nSPS) is 16.0. The predicted molar refractivity (Wildman–Crippen MR) is 70.1 cm³/mol. The third kappa shape index (κ3) is 2.31. The average molecular weight is 271 g/mol. The lowest BCUT2D eigenvalue weighted by Crippen LogP contribution is -2.25. The van der Waals surface area contributed by atoms with Gasteiger partial charge in [0.05, 0.1) is 5.69 Å². The Morgan fingerprint density at radius 1 is 1.39 bits per heavy atom. The van der Waals surface area contributed by atoms with Gasteiger partial charge in [0.15, 0.2) is 5.03 Å². The van der Waals surface area contributed by atoms with Gasteiger partial charge in [-0.25, -0.2) is 18.1 Å². The van der Waals surface area contributed by atoms with Gasteiger partial charge in [0.1, 0.15) is 5.82 Å². The minimum atomic E-state index is -3.45. The van der Waals surface area contributed by atoms with E-state index in [1.807, 2.05) is 13.8 Å². The van der Waals surface area contributed by atoms with Gasteiger partial charge in [-0.15, -0.1) is 0 Å². The van der Waals surface area contributed by atoms with E-state index in [1.54, 1.807) is 6.92 Å². The van der Waals surface area contributed by atoms with Gasteiger partial charge in [-0.05, 0) is 19.3 Å². The average Bonchev–Trinajstić information content (AvgIpc) is 2.69. The van der Waals surface area contributed by atoms with Crippen LogP contribution in [-0.4, -0.2) is 24.5 Å². The molecule has 0 aliphatic carbocycles. The van der Waals surface area contributed by atoms with Crippen LogP contribution in [0.15, 0.2) is 5.03 Å². The number of nitrogens with zero attached hydrogens (tertiary/aromatic N) is 2. The molecule has 0 unspecified atom stereocenters. The summed E-state index contributed by atoms with van der Waals surface area (Å²) in [4.78, 5) is 4.39. The first-order chi connectivity index (χ1) is 8.47. The molecule has 0 saturated heterocycles. The summed E-state index contributed by atoms with van der Waals surface area (Å²) in [6, 6.07) is 0. The zero-order chi connectivity index (χ0) is 13.3. The van der Waals surface area contributed by atoms with Crippen LogP contribution in [-0.2, 0) is 23.0 Å². The Hall–Kier alpha value is -0.880. The Bertz CT molecular complexity index is 532. The summed E-state index contributed by atoms with van der Waals surface area (Å²) in [7, 11) is -3.45. The van der Waals surface area contributed by atoms with Crippen molar-refractivity contribution in [3.8, 4) is 0 Å². The van der Waals surface area contributed by atoms with E-state index in [0.717, 1.165) is 37.3 Å². The molecule has 1 aromatic rings. The van der Waals surface area contributed by atoms with Crippen LogP contribution in [0.5, 0.6) is 0 Å². The van der Waals surface area contributed by atoms with Crippen molar-refractivity contribution in [2.45, 2.75) is 57.5 Å². The first kappa shape index (κ1) is 13.5. The second-order valence-corrected chi connectivity index (χ2v) is 6.67. The van der Waals surface area contributed by atoms with Gasteiger partial charge in [-0.3, -0.25) is 0 Å².